The highest BCUT2D eigenvalue weighted by Crippen LogP contribution is 2.29. The minimum atomic E-state index is -4.50. The van der Waals surface area contributed by atoms with Gasteiger partial charge < -0.3 is 20.6 Å². The first-order chi connectivity index (χ1) is 17.2. The number of rotatable bonds is 9. The van der Waals surface area contributed by atoms with Crippen LogP contribution in [-0.2, 0) is 23.8 Å². The number of aryl methyl sites for hydroxylation is 2. The van der Waals surface area contributed by atoms with Crippen LogP contribution in [0.4, 0.5) is 19.0 Å². The molecule has 0 saturated carbocycles. The van der Waals surface area contributed by atoms with Gasteiger partial charge in [0, 0.05) is 30.9 Å². The fourth-order valence-electron chi connectivity index (χ4n) is 4.83. The van der Waals surface area contributed by atoms with Crippen molar-refractivity contribution in [1.82, 2.24) is 15.2 Å². The van der Waals surface area contributed by atoms with Gasteiger partial charge in [-0.15, -0.1) is 0 Å². The predicted molar refractivity (Wildman–Crippen MR) is 129 cm³/mol. The van der Waals surface area contributed by atoms with E-state index in [4.69, 9.17) is 4.98 Å². The van der Waals surface area contributed by atoms with Crippen molar-refractivity contribution < 1.29 is 27.9 Å². The van der Waals surface area contributed by atoms with E-state index in [2.05, 4.69) is 27.7 Å². The summed E-state index contributed by atoms with van der Waals surface area (Å²) in [7, 11) is 0. The Morgan fingerprint density at radius 1 is 1.19 bits per heavy atom. The maximum atomic E-state index is 12.7. The monoisotopic (exact) mass is 504 g/mol. The molecule has 2 aliphatic rings. The van der Waals surface area contributed by atoms with Crippen LogP contribution >= 0.6 is 0 Å². The highest BCUT2D eigenvalue weighted by molar-refractivity contribution is 5.96. The summed E-state index contributed by atoms with van der Waals surface area (Å²) in [6.07, 6.45) is 0.845. The first-order valence-corrected chi connectivity index (χ1v) is 12.3. The molecule has 10 heteroatoms. The first kappa shape index (κ1) is 25.9. The molecular weight excluding hydrogens is 473 g/mol. The Hall–Kier alpha value is -3.14. The van der Waals surface area contributed by atoms with Crippen LogP contribution in [0.3, 0.4) is 0 Å². The van der Waals surface area contributed by atoms with E-state index >= 15 is 0 Å². The van der Waals surface area contributed by atoms with Gasteiger partial charge in [-0.1, -0.05) is 6.07 Å². The topological polar surface area (TPSA) is 94.6 Å². The molecule has 1 amide bonds. The molecule has 1 unspecified atom stereocenters. The molecule has 194 valence electrons. The van der Waals surface area contributed by atoms with Crippen molar-refractivity contribution in [3.8, 4) is 0 Å². The molecule has 1 saturated heterocycles. The normalized spacial score (nSPS) is 18.8. The van der Waals surface area contributed by atoms with Gasteiger partial charge in [0.25, 0.3) is 5.91 Å². The van der Waals surface area contributed by atoms with Gasteiger partial charge in [-0.2, -0.15) is 13.2 Å². The Bertz CT molecular complexity index is 1080. The Labute approximate surface area is 208 Å². The summed E-state index contributed by atoms with van der Waals surface area (Å²) in [6.45, 7) is 3.20. The van der Waals surface area contributed by atoms with Crippen molar-refractivity contribution in [3.05, 3.63) is 58.8 Å². The average Bonchev–Trinajstić information content (AvgIpc) is 3.32. The fourth-order valence-corrected chi connectivity index (χ4v) is 4.83. The lowest BCUT2D eigenvalue weighted by molar-refractivity contribution is -0.139. The second-order valence-corrected chi connectivity index (χ2v) is 9.56. The number of nitrogens with one attached hydrogen (secondary N) is 2. The molecule has 0 bridgehead atoms. The maximum Gasteiger partial charge on any atom is 0.416 e. The molecule has 0 radical (unpaired) electrons. The van der Waals surface area contributed by atoms with Crippen LogP contribution in [0, 0.1) is 5.92 Å². The molecule has 1 aromatic heterocycles. The summed E-state index contributed by atoms with van der Waals surface area (Å²) in [5, 5.41) is 15.3. The molecule has 4 rings (SSSR count). The van der Waals surface area contributed by atoms with Crippen molar-refractivity contribution >= 4 is 17.7 Å². The second-order valence-electron chi connectivity index (χ2n) is 9.56. The van der Waals surface area contributed by atoms with Gasteiger partial charge >= 0.3 is 12.1 Å². The van der Waals surface area contributed by atoms with Gasteiger partial charge in [0.2, 0.25) is 0 Å². The van der Waals surface area contributed by atoms with Gasteiger partial charge in [-0.25, -0.2) is 9.78 Å². The van der Waals surface area contributed by atoms with Crippen molar-refractivity contribution in [1.29, 1.82) is 0 Å². The average molecular weight is 505 g/mol. The number of nitrogens with zero attached hydrogens (tertiary/aromatic N) is 2. The van der Waals surface area contributed by atoms with Gasteiger partial charge in [-0.05, 0) is 86.9 Å². The number of aromatic nitrogens is 1. The molecule has 2 aliphatic heterocycles. The molecular formula is C26H31F3N4O3. The Morgan fingerprint density at radius 3 is 2.69 bits per heavy atom. The highest BCUT2D eigenvalue weighted by atomic mass is 19.4. The van der Waals surface area contributed by atoms with E-state index in [0.29, 0.717) is 12.5 Å². The van der Waals surface area contributed by atoms with Crippen LogP contribution in [0.25, 0.3) is 0 Å². The predicted octanol–water partition coefficient (Wildman–Crippen LogP) is 3.99. The Morgan fingerprint density at radius 2 is 1.97 bits per heavy atom. The number of carboxylic acid groups (broad SMARTS) is 1. The van der Waals surface area contributed by atoms with Gasteiger partial charge in [-0.3, -0.25) is 4.79 Å². The molecule has 0 aliphatic carbocycles. The number of aliphatic carboxylic acids is 1. The van der Waals surface area contributed by atoms with Crippen molar-refractivity contribution in [2.75, 3.05) is 31.5 Å². The summed E-state index contributed by atoms with van der Waals surface area (Å²) >= 11 is 0. The summed E-state index contributed by atoms with van der Waals surface area (Å²) in [6, 6.07) is 6.87. The summed E-state index contributed by atoms with van der Waals surface area (Å²) in [4.78, 5) is 31.0. The largest absolute Gasteiger partial charge is 0.480 e. The van der Waals surface area contributed by atoms with Crippen LogP contribution in [0.15, 0.2) is 36.4 Å². The molecule has 36 heavy (non-hydrogen) atoms. The molecule has 1 fully saturated rings. The van der Waals surface area contributed by atoms with E-state index < -0.39 is 29.7 Å². The minimum Gasteiger partial charge on any atom is -0.480 e. The van der Waals surface area contributed by atoms with Crippen LogP contribution in [-0.4, -0.2) is 59.1 Å². The molecule has 3 N–H and O–H groups in total. The summed E-state index contributed by atoms with van der Waals surface area (Å²) < 4.78 is 38.2. The maximum absolute atomic E-state index is 12.7. The van der Waals surface area contributed by atoms with Crippen LogP contribution in [0.2, 0.25) is 0 Å². The van der Waals surface area contributed by atoms with E-state index in [9.17, 15) is 27.9 Å². The number of carbonyl (C=O) groups is 2. The van der Waals surface area contributed by atoms with Crippen LogP contribution in [0.1, 0.15) is 52.9 Å². The lowest BCUT2D eigenvalue weighted by Crippen LogP contribution is -2.43. The second kappa shape index (κ2) is 11.3. The standard InChI is InChI=1S/C26H31F3N4O3/c27-26(28,29)20-7-4-19(5-8-20)24(34)32-22(25(35)36)12-15-33-14-11-17(16-33)3-9-21-10-6-18-2-1-13-30-23(18)31-21/h4-8,10,17,22H,1-3,9,11-16H2,(H,30,31)(H,32,34)(H,35,36)/t17-,22?/m0/s1. The number of pyridine rings is 1. The number of hydrogen-bond acceptors (Lipinski definition) is 5. The van der Waals surface area contributed by atoms with Crippen molar-refractivity contribution in [2.45, 2.75) is 50.7 Å². The van der Waals surface area contributed by atoms with Gasteiger partial charge in [0.05, 0.1) is 5.56 Å². The van der Waals surface area contributed by atoms with E-state index in [1.165, 1.54) is 5.56 Å². The number of alkyl halides is 3. The highest BCUT2D eigenvalue weighted by Gasteiger charge is 2.31. The van der Waals surface area contributed by atoms with E-state index in [1.54, 1.807) is 0 Å². The Balaban J connectivity index is 1.23. The molecule has 7 nitrogen and oxygen atoms in total. The third kappa shape index (κ3) is 6.75. The summed E-state index contributed by atoms with van der Waals surface area (Å²) in [5.41, 5.74) is 1.48. The van der Waals surface area contributed by atoms with E-state index in [1.807, 2.05) is 0 Å². The number of carbonyl (C=O) groups excluding carboxylic acids is 1. The van der Waals surface area contributed by atoms with Gasteiger partial charge in [0.1, 0.15) is 11.9 Å². The van der Waals surface area contributed by atoms with Crippen molar-refractivity contribution in [3.63, 3.8) is 0 Å². The zero-order chi connectivity index (χ0) is 25.7. The van der Waals surface area contributed by atoms with E-state index in [-0.39, 0.29) is 12.0 Å². The third-order valence-corrected chi connectivity index (χ3v) is 6.94. The molecule has 2 atom stereocenters. The van der Waals surface area contributed by atoms with Crippen LogP contribution in [0.5, 0.6) is 0 Å². The number of amides is 1. The number of anilines is 1. The van der Waals surface area contributed by atoms with E-state index in [0.717, 1.165) is 87.5 Å². The number of carboxylic acids is 1. The number of fused-ring (bicyclic) bond motifs is 1. The number of likely N-dealkylation sites (tertiary alicyclic amines) is 1. The number of hydrogen-bond donors (Lipinski definition) is 3. The molecule has 3 heterocycles. The molecule has 1 aromatic carbocycles. The summed E-state index contributed by atoms with van der Waals surface area (Å²) in [5.74, 6) is -0.369. The Kier molecular flexibility index (Phi) is 8.13. The lowest BCUT2D eigenvalue weighted by Gasteiger charge is -2.20. The quantitative estimate of drug-likeness (QED) is 0.478. The lowest BCUT2D eigenvalue weighted by atomic mass is 10.00. The molecule has 2 aromatic rings. The van der Waals surface area contributed by atoms with Crippen molar-refractivity contribution in [2.24, 2.45) is 5.92 Å². The SMILES string of the molecule is O=C(NC(CCN1CC[C@H](CCc2ccc3c(n2)NCCC3)C1)C(=O)O)c1ccc(C(F)(F)F)cc1. The number of halogens is 3. The fraction of sp³-hybridized carbons (Fsp3) is 0.500. The zero-order valence-corrected chi connectivity index (χ0v) is 20.0. The minimum absolute atomic E-state index is 0.0125. The first-order valence-electron chi connectivity index (χ1n) is 12.3. The zero-order valence-electron chi connectivity index (χ0n) is 20.0. The number of benzene rings is 1. The van der Waals surface area contributed by atoms with Crippen LogP contribution < -0.4 is 10.6 Å². The smallest absolute Gasteiger partial charge is 0.416 e. The third-order valence-electron chi connectivity index (χ3n) is 6.94. The molecule has 0 spiro atoms. The van der Waals surface area contributed by atoms with Gasteiger partial charge in [0.15, 0.2) is 0 Å².